The third-order valence-electron chi connectivity index (χ3n) is 9.79. The Morgan fingerprint density at radius 3 is 2.38 bits per heavy atom. The number of carbonyl (C=O) groups excluding carboxylic acids is 3. The summed E-state index contributed by atoms with van der Waals surface area (Å²) in [7, 11) is 5.09. The molecule has 0 aromatic heterocycles. The molecule has 0 spiro atoms. The first-order valence-corrected chi connectivity index (χ1v) is 16.1. The molecule has 1 aliphatic heterocycles. The number of anilines is 1. The molecule has 14 nitrogen and oxygen atoms in total. The van der Waals surface area contributed by atoms with Gasteiger partial charge < -0.3 is 45.3 Å². The van der Waals surface area contributed by atoms with Gasteiger partial charge in [0.05, 0.1) is 47.8 Å². The van der Waals surface area contributed by atoms with Gasteiger partial charge in [-0.15, -0.1) is 0 Å². The molecule has 1 amide bonds. The third kappa shape index (κ3) is 5.88. The van der Waals surface area contributed by atoms with E-state index >= 15 is 0 Å². The summed E-state index contributed by atoms with van der Waals surface area (Å²) in [6.07, 6.45) is -4.56. The fraction of sp³-hybridized carbons (Fsp3) is 0.389. The zero-order chi connectivity index (χ0) is 36.2. The van der Waals surface area contributed by atoms with Gasteiger partial charge in [0.15, 0.2) is 12.1 Å². The third-order valence-corrected chi connectivity index (χ3v) is 9.79. The Kier molecular flexibility index (Phi) is 9.18. The van der Waals surface area contributed by atoms with Gasteiger partial charge in [-0.05, 0) is 44.2 Å². The number of carbonyl (C=O) groups is 3. The molecule has 264 valence electrons. The highest BCUT2D eigenvalue weighted by atomic mass is 16.7. The number of ether oxygens (including phenoxy) is 3. The molecule has 1 saturated heterocycles. The van der Waals surface area contributed by atoms with E-state index in [4.69, 9.17) is 19.9 Å². The lowest BCUT2D eigenvalue weighted by Crippen LogP contribution is -2.52. The topological polar surface area (TPSA) is 213 Å². The van der Waals surface area contributed by atoms with Crippen molar-refractivity contribution in [3.05, 3.63) is 81.4 Å². The Morgan fingerprint density at radius 2 is 1.74 bits per heavy atom. The van der Waals surface area contributed by atoms with Crippen molar-refractivity contribution in [2.45, 2.75) is 69.4 Å². The number of amides is 1. The average Bonchev–Trinajstić information content (AvgIpc) is 3.09. The molecule has 0 bridgehead atoms. The van der Waals surface area contributed by atoms with Crippen LogP contribution in [-0.2, 0) is 15.9 Å². The maximum Gasteiger partial charge on any atom is 0.271 e. The minimum Gasteiger partial charge on any atom is -0.507 e. The number of nitrogens with two attached hydrogens (primary N) is 1. The molecule has 2 aliphatic carbocycles. The predicted octanol–water partition coefficient (Wildman–Crippen LogP) is 2.31. The zero-order valence-electron chi connectivity index (χ0n) is 28.3. The van der Waals surface area contributed by atoms with E-state index in [1.807, 2.05) is 19.0 Å². The number of hydrogen-bond acceptors (Lipinski definition) is 13. The molecule has 6 atom stereocenters. The fourth-order valence-corrected chi connectivity index (χ4v) is 6.88. The number of nitrogens with zero attached hydrogens (tertiary/aromatic N) is 2. The number of hydrogen-bond donors (Lipinski definition) is 6. The van der Waals surface area contributed by atoms with Gasteiger partial charge in [0.2, 0.25) is 5.78 Å². The quantitative estimate of drug-likeness (QED) is 0.0938. The van der Waals surface area contributed by atoms with Gasteiger partial charge in [0, 0.05) is 67.3 Å². The van der Waals surface area contributed by atoms with E-state index in [0.29, 0.717) is 5.56 Å². The van der Waals surface area contributed by atoms with Crippen molar-refractivity contribution < 1.29 is 49.0 Å². The number of nitrogens with one attached hydrogen (secondary N) is 1. The maximum absolute atomic E-state index is 13.9. The molecule has 3 aromatic rings. The Bertz CT molecular complexity index is 1900. The van der Waals surface area contributed by atoms with Gasteiger partial charge >= 0.3 is 0 Å². The monoisotopic (exact) mass is 688 g/mol. The first kappa shape index (κ1) is 35.0. The lowest BCUT2D eigenvalue weighted by Gasteiger charge is -2.42. The predicted molar refractivity (Wildman–Crippen MR) is 181 cm³/mol. The van der Waals surface area contributed by atoms with Gasteiger partial charge in [-0.25, -0.2) is 5.43 Å². The van der Waals surface area contributed by atoms with Crippen LogP contribution in [0.4, 0.5) is 5.69 Å². The largest absolute Gasteiger partial charge is 0.507 e. The smallest absolute Gasteiger partial charge is 0.271 e. The second-order valence-electron chi connectivity index (χ2n) is 13.2. The van der Waals surface area contributed by atoms with Crippen LogP contribution < -0.4 is 20.8 Å². The summed E-state index contributed by atoms with van der Waals surface area (Å²) in [6, 6.07) is 10.6. The van der Waals surface area contributed by atoms with Crippen LogP contribution in [0.25, 0.3) is 0 Å². The second kappa shape index (κ2) is 13.1. The molecule has 3 aliphatic rings. The van der Waals surface area contributed by atoms with Gasteiger partial charge in [-0.1, -0.05) is 12.1 Å². The fourth-order valence-electron chi connectivity index (χ4n) is 6.88. The summed E-state index contributed by atoms with van der Waals surface area (Å²) in [5.74, 6) is -3.11. The highest BCUT2D eigenvalue weighted by molar-refractivity contribution is 6.31. The highest BCUT2D eigenvalue weighted by Crippen LogP contribution is 2.52. The highest BCUT2D eigenvalue weighted by Gasteiger charge is 2.49. The molecule has 1 heterocycles. The second-order valence-corrected chi connectivity index (χ2v) is 13.2. The molecule has 1 fully saturated rings. The number of rotatable bonds is 7. The molecular weight excluding hydrogens is 648 g/mol. The van der Waals surface area contributed by atoms with Crippen LogP contribution in [0.3, 0.4) is 0 Å². The van der Waals surface area contributed by atoms with Crippen LogP contribution in [-0.4, -0.2) is 95.0 Å². The van der Waals surface area contributed by atoms with Crippen molar-refractivity contribution in [1.29, 1.82) is 0 Å². The number of aromatic hydroxyl groups is 2. The van der Waals surface area contributed by atoms with Crippen molar-refractivity contribution in [2.75, 3.05) is 26.1 Å². The van der Waals surface area contributed by atoms with Crippen LogP contribution in [0.2, 0.25) is 0 Å². The van der Waals surface area contributed by atoms with Crippen molar-refractivity contribution >= 4 is 28.9 Å². The van der Waals surface area contributed by atoms with E-state index in [-0.39, 0.29) is 53.0 Å². The van der Waals surface area contributed by atoms with E-state index < -0.39 is 76.3 Å². The number of aliphatic hydroxyl groups excluding tert-OH is 1. The van der Waals surface area contributed by atoms with Gasteiger partial charge in [0.1, 0.15) is 22.8 Å². The zero-order valence-corrected chi connectivity index (χ0v) is 28.3. The van der Waals surface area contributed by atoms with Crippen LogP contribution >= 0.6 is 0 Å². The Balaban J connectivity index is 1.42. The number of benzene rings is 3. The number of hydrazone groups is 1. The standard InChI is InChI=1S/C36H40N4O10/c1-16-30(41)22(37)13-25(49-16)50-24-15-36(47,17(2)38-39-35(46)18-9-11-19(12-10-18)40(3)4)14-21-27(24)34(45)29-28(32(21)43)31(42)20-7-6-8-23(48-5)26(20)33(29)44/h6-12,16,22,24-25,30,41,43,45,47H,13-15,37H2,1-5H3,(H,39,46)/b38-17+/t16-,22-,24-,25-,30+,36-/m0/s1. The van der Waals surface area contributed by atoms with Crippen LogP contribution in [0.15, 0.2) is 47.6 Å². The van der Waals surface area contributed by atoms with Crippen LogP contribution in [0, 0.1) is 0 Å². The number of fused-ring (bicyclic) bond motifs is 3. The molecule has 7 N–H and O–H groups in total. The molecule has 3 aromatic carbocycles. The number of methoxy groups -OCH3 is 1. The van der Waals surface area contributed by atoms with Crippen molar-refractivity contribution in [3.8, 4) is 17.2 Å². The summed E-state index contributed by atoms with van der Waals surface area (Å²) in [6.45, 7) is 3.10. The first-order valence-electron chi connectivity index (χ1n) is 16.1. The van der Waals surface area contributed by atoms with E-state index in [9.17, 15) is 34.8 Å². The normalized spacial score (nSPS) is 26.1. The number of phenols is 2. The Morgan fingerprint density at radius 1 is 1.06 bits per heavy atom. The molecule has 0 saturated carbocycles. The molecule has 0 radical (unpaired) electrons. The minimum atomic E-state index is -1.90. The summed E-state index contributed by atoms with van der Waals surface area (Å²) in [4.78, 5) is 42.6. The number of phenolic OH excluding ortho intramolecular Hbond substituents is 2. The number of aliphatic hydroxyl groups is 2. The summed E-state index contributed by atoms with van der Waals surface area (Å²) >= 11 is 0. The van der Waals surface area contributed by atoms with E-state index in [2.05, 4.69) is 10.5 Å². The van der Waals surface area contributed by atoms with Crippen molar-refractivity contribution in [1.82, 2.24) is 5.43 Å². The first-order chi connectivity index (χ1) is 23.7. The minimum absolute atomic E-state index is 0.0217. The molecule has 14 heteroatoms. The molecule has 0 unspecified atom stereocenters. The Labute approximate surface area is 288 Å². The Hall–Kier alpha value is -4.86. The van der Waals surface area contributed by atoms with Gasteiger partial charge in [-0.2, -0.15) is 5.10 Å². The molecule has 6 rings (SSSR count). The lowest BCUT2D eigenvalue weighted by atomic mass is 9.71. The lowest BCUT2D eigenvalue weighted by molar-refractivity contribution is -0.245. The van der Waals surface area contributed by atoms with E-state index in [1.54, 1.807) is 31.2 Å². The molecular formula is C36H40N4O10. The summed E-state index contributed by atoms with van der Waals surface area (Å²) in [5.41, 5.74) is 6.94. The van der Waals surface area contributed by atoms with E-state index in [0.717, 1.165) is 5.69 Å². The number of ketones is 2. The van der Waals surface area contributed by atoms with E-state index in [1.165, 1.54) is 32.2 Å². The average molecular weight is 689 g/mol. The molecule has 50 heavy (non-hydrogen) atoms. The van der Waals surface area contributed by atoms with Crippen molar-refractivity contribution in [3.63, 3.8) is 0 Å². The maximum atomic E-state index is 13.9. The van der Waals surface area contributed by atoms with Crippen LogP contribution in [0.1, 0.15) is 86.1 Å². The summed E-state index contributed by atoms with van der Waals surface area (Å²) < 4.78 is 17.5. The SMILES string of the molecule is COc1cccc2c1C(=O)c1c(O)c3c(c(O)c1C2=O)C[C@@](O)(/C(C)=N/NC(=O)c1ccc(N(C)C)cc1)C[C@@H]3O[C@H]1C[C@H](N)[C@H](O)[C@H](C)O1. The summed E-state index contributed by atoms with van der Waals surface area (Å²) in [5, 5.41) is 50.2. The van der Waals surface area contributed by atoms with Crippen LogP contribution in [0.5, 0.6) is 17.2 Å². The van der Waals surface area contributed by atoms with Gasteiger partial charge in [-0.3, -0.25) is 14.4 Å². The van der Waals surface area contributed by atoms with Gasteiger partial charge in [0.25, 0.3) is 5.91 Å². The van der Waals surface area contributed by atoms with Crippen molar-refractivity contribution in [2.24, 2.45) is 10.8 Å².